The zero-order valence-electron chi connectivity index (χ0n) is 19.7. The summed E-state index contributed by atoms with van der Waals surface area (Å²) in [5.74, 6) is 1.91. The lowest BCUT2D eigenvalue weighted by molar-refractivity contribution is 0.250. The molecule has 0 aliphatic carbocycles. The number of urea groups is 1. The first-order chi connectivity index (χ1) is 16.7. The van der Waals surface area contributed by atoms with Gasteiger partial charge in [0.15, 0.2) is 0 Å². The molecule has 1 saturated heterocycles. The SMILES string of the molecule is NC(=O)Nc1c(CCCCN2CCN(c3cccc4c3OCCCC4)CC2)oc2ccccc12. The molecule has 34 heavy (non-hydrogen) atoms. The number of para-hydroxylation sites is 2. The lowest BCUT2D eigenvalue weighted by Crippen LogP contribution is -2.46. The summed E-state index contributed by atoms with van der Waals surface area (Å²) in [6, 6.07) is 13.8. The number of benzene rings is 2. The number of aryl methyl sites for hydroxylation is 2. The highest BCUT2D eigenvalue weighted by Crippen LogP contribution is 2.36. The van der Waals surface area contributed by atoms with Crippen LogP contribution < -0.4 is 20.7 Å². The van der Waals surface area contributed by atoms with E-state index in [1.54, 1.807) is 0 Å². The zero-order chi connectivity index (χ0) is 23.3. The van der Waals surface area contributed by atoms with Crippen molar-refractivity contribution >= 4 is 28.4 Å². The number of furan rings is 1. The molecule has 3 aromatic rings. The number of piperazine rings is 1. The summed E-state index contributed by atoms with van der Waals surface area (Å²) in [4.78, 5) is 16.5. The molecule has 1 fully saturated rings. The highest BCUT2D eigenvalue weighted by molar-refractivity contribution is 6.00. The molecule has 0 radical (unpaired) electrons. The van der Waals surface area contributed by atoms with E-state index >= 15 is 0 Å². The number of carbonyl (C=O) groups excluding carboxylic acids is 1. The third-order valence-electron chi connectivity index (χ3n) is 6.92. The molecule has 5 rings (SSSR count). The smallest absolute Gasteiger partial charge is 0.316 e. The van der Waals surface area contributed by atoms with E-state index in [-0.39, 0.29) is 0 Å². The Kier molecular flexibility index (Phi) is 6.90. The molecule has 0 spiro atoms. The maximum absolute atomic E-state index is 11.5. The van der Waals surface area contributed by atoms with Crippen LogP contribution in [0.4, 0.5) is 16.2 Å². The average Bonchev–Trinajstić information content (AvgIpc) is 3.02. The standard InChI is InChI=1S/C27H34N4O3/c28-27(32)29-25-21-10-1-2-12-23(21)34-24(25)13-3-5-14-30-15-17-31(18-16-30)22-11-7-9-20-8-4-6-19-33-26(20)22/h1-2,7,9-12H,3-6,8,13-19H2,(H3,28,29,32). The highest BCUT2D eigenvalue weighted by atomic mass is 16.5. The fraction of sp³-hybridized carbons (Fsp3) is 0.444. The van der Waals surface area contributed by atoms with Crippen molar-refractivity contribution in [2.24, 2.45) is 5.73 Å². The molecule has 0 bridgehead atoms. The highest BCUT2D eigenvalue weighted by Gasteiger charge is 2.22. The summed E-state index contributed by atoms with van der Waals surface area (Å²) < 4.78 is 12.1. The first-order valence-corrected chi connectivity index (χ1v) is 12.5. The van der Waals surface area contributed by atoms with Gasteiger partial charge in [0.05, 0.1) is 18.0 Å². The Balaban J connectivity index is 1.12. The van der Waals surface area contributed by atoms with Crippen LogP contribution in [0.25, 0.3) is 11.0 Å². The molecule has 2 aliphatic heterocycles. The van der Waals surface area contributed by atoms with Crippen LogP contribution in [0, 0.1) is 0 Å². The number of hydrogen-bond acceptors (Lipinski definition) is 5. The van der Waals surface area contributed by atoms with Crippen molar-refractivity contribution in [2.75, 3.05) is 49.5 Å². The molecular formula is C27H34N4O3. The second-order valence-corrected chi connectivity index (χ2v) is 9.24. The molecule has 7 heteroatoms. The van der Waals surface area contributed by atoms with Crippen molar-refractivity contribution in [3.05, 3.63) is 53.8 Å². The topological polar surface area (TPSA) is 84.0 Å². The molecule has 3 heterocycles. The van der Waals surface area contributed by atoms with E-state index in [0.717, 1.165) is 93.9 Å². The normalized spacial score (nSPS) is 16.6. The fourth-order valence-electron chi connectivity index (χ4n) is 5.14. The summed E-state index contributed by atoms with van der Waals surface area (Å²) in [6.45, 7) is 6.06. The largest absolute Gasteiger partial charge is 0.491 e. The predicted molar refractivity (Wildman–Crippen MR) is 136 cm³/mol. The maximum atomic E-state index is 11.5. The van der Waals surface area contributed by atoms with E-state index in [0.29, 0.717) is 5.69 Å². The summed E-state index contributed by atoms with van der Waals surface area (Å²) in [5, 5.41) is 3.65. The number of unbranched alkanes of at least 4 members (excludes halogenated alkanes) is 1. The number of ether oxygens (including phenoxy) is 1. The predicted octanol–water partition coefficient (Wildman–Crippen LogP) is 4.78. The minimum Gasteiger partial charge on any atom is -0.491 e. The van der Waals surface area contributed by atoms with Gasteiger partial charge in [-0.15, -0.1) is 0 Å². The van der Waals surface area contributed by atoms with Crippen molar-refractivity contribution in [1.29, 1.82) is 0 Å². The molecule has 7 nitrogen and oxygen atoms in total. The quantitative estimate of drug-likeness (QED) is 0.494. The van der Waals surface area contributed by atoms with E-state index in [1.165, 1.54) is 17.7 Å². The van der Waals surface area contributed by atoms with Crippen LogP contribution in [0.5, 0.6) is 5.75 Å². The Hall–Kier alpha value is -3.19. The Morgan fingerprint density at radius 2 is 1.85 bits per heavy atom. The third-order valence-corrected chi connectivity index (χ3v) is 6.92. The Morgan fingerprint density at radius 3 is 2.71 bits per heavy atom. The first kappa shape index (κ1) is 22.6. The van der Waals surface area contributed by atoms with Gasteiger partial charge >= 0.3 is 6.03 Å². The van der Waals surface area contributed by atoms with Gasteiger partial charge in [-0.25, -0.2) is 4.79 Å². The zero-order valence-corrected chi connectivity index (χ0v) is 19.7. The van der Waals surface area contributed by atoms with Gasteiger partial charge in [-0.1, -0.05) is 24.3 Å². The molecule has 0 atom stereocenters. The number of rotatable bonds is 7. The molecule has 3 N–H and O–H groups in total. The van der Waals surface area contributed by atoms with Gasteiger partial charge in [0.25, 0.3) is 0 Å². The van der Waals surface area contributed by atoms with Gasteiger partial charge in [0.1, 0.15) is 17.1 Å². The number of primary amides is 1. The maximum Gasteiger partial charge on any atom is 0.316 e. The minimum atomic E-state index is -0.564. The molecule has 180 valence electrons. The fourth-order valence-corrected chi connectivity index (χ4v) is 5.14. The van der Waals surface area contributed by atoms with Crippen LogP contribution in [-0.4, -0.2) is 50.3 Å². The summed E-state index contributed by atoms with van der Waals surface area (Å²) in [6.07, 6.45) is 6.31. The van der Waals surface area contributed by atoms with Crippen LogP contribution >= 0.6 is 0 Å². The molecule has 2 amide bonds. The van der Waals surface area contributed by atoms with E-state index < -0.39 is 6.03 Å². The van der Waals surface area contributed by atoms with Gasteiger partial charge in [0, 0.05) is 38.0 Å². The van der Waals surface area contributed by atoms with Crippen molar-refractivity contribution in [3.8, 4) is 5.75 Å². The number of fused-ring (bicyclic) bond motifs is 2. The number of carbonyl (C=O) groups is 1. The Labute approximate surface area is 200 Å². The second-order valence-electron chi connectivity index (χ2n) is 9.24. The van der Waals surface area contributed by atoms with Gasteiger partial charge in [0.2, 0.25) is 0 Å². The average molecular weight is 463 g/mol. The second kappa shape index (κ2) is 10.4. The van der Waals surface area contributed by atoms with Crippen molar-refractivity contribution < 1.29 is 13.9 Å². The van der Waals surface area contributed by atoms with E-state index in [1.807, 2.05) is 24.3 Å². The summed E-state index contributed by atoms with van der Waals surface area (Å²) in [5.41, 5.74) is 9.49. The molecule has 2 aliphatic rings. The van der Waals surface area contributed by atoms with Crippen LogP contribution in [0.15, 0.2) is 46.9 Å². The Morgan fingerprint density at radius 1 is 1.00 bits per heavy atom. The number of anilines is 2. The summed E-state index contributed by atoms with van der Waals surface area (Å²) in [7, 11) is 0. The number of hydrogen-bond donors (Lipinski definition) is 2. The number of nitrogens with one attached hydrogen (secondary N) is 1. The number of nitrogens with two attached hydrogens (primary N) is 1. The number of nitrogens with zero attached hydrogens (tertiary/aromatic N) is 2. The lowest BCUT2D eigenvalue weighted by Gasteiger charge is -2.37. The number of amides is 2. The molecule has 0 saturated carbocycles. The minimum absolute atomic E-state index is 0.564. The van der Waals surface area contributed by atoms with Gasteiger partial charge < -0.3 is 25.1 Å². The van der Waals surface area contributed by atoms with Gasteiger partial charge in [-0.2, -0.15) is 0 Å². The third kappa shape index (κ3) is 4.99. The van der Waals surface area contributed by atoms with Crippen molar-refractivity contribution in [2.45, 2.75) is 38.5 Å². The molecule has 0 unspecified atom stereocenters. The monoisotopic (exact) mass is 462 g/mol. The van der Waals surface area contributed by atoms with Crippen molar-refractivity contribution in [3.63, 3.8) is 0 Å². The van der Waals surface area contributed by atoms with Crippen LogP contribution in [0.3, 0.4) is 0 Å². The van der Waals surface area contributed by atoms with E-state index in [9.17, 15) is 4.79 Å². The first-order valence-electron chi connectivity index (χ1n) is 12.5. The van der Waals surface area contributed by atoms with E-state index in [2.05, 4.69) is 33.3 Å². The van der Waals surface area contributed by atoms with Gasteiger partial charge in [-0.3, -0.25) is 4.90 Å². The van der Waals surface area contributed by atoms with Crippen molar-refractivity contribution in [1.82, 2.24) is 4.90 Å². The van der Waals surface area contributed by atoms with E-state index in [4.69, 9.17) is 14.9 Å². The Bertz CT molecular complexity index is 1130. The molecule has 1 aromatic heterocycles. The molecular weight excluding hydrogens is 428 g/mol. The summed E-state index contributed by atoms with van der Waals surface area (Å²) >= 11 is 0. The van der Waals surface area contributed by atoms with Crippen LogP contribution in [-0.2, 0) is 12.8 Å². The van der Waals surface area contributed by atoms with Crippen LogP contribution in [0.2, 0.25) is 0 Å². The lowest BCUT2D eigenvalue weighted by atomic mass is 10.1. The van der Waals surface area contributed by atoms with Gasteiger partial charge in [-0.05, 0) is 62.4 Å². The molecule has 2 aromatic carbocycles. The van der Waals surface area contributed by atoms with Crippen LogP contribution in [0.1, 0.15) is 37.0 Å².